The quantitative estimate of drug-likeness (QED) is 0.0798. The van der Waals surface area contributed by atoms with Crippen LogP contribution >= 0.6 is 0 Å². The van der Waals surface area contributed by atoms with E-state index in [0.29, 0.717) is 0 Å². The summed E-state index contributed by atoms with van der Waals surface area (Å²) in [7, 11) is -0.750. The first kappa shape index (κ1) is 74.4. The monoisotopic (exact) mass is 1380 g/mol. The van der Waals surface area contributed by atoms with Gasteiger partial charge in [-0.25, -0.2) is 176 Å². The van der Waals surface area contributed by atoms with Crippen molar-refractivity contribution < 1.29 is 186 Å². The molecule has 0 bridgehead atoms. The molecular weight excluding hydrogens is 1380 g/mol. The minimum Gasteiger partial charge on any atom is -0.430 e. The molecule has 490 valence electrons. The average Bonchev–Trinajstić information content (AvgIpc) is 0.796. The van der Waals surface area contributed by atoms with E-state index in [-0.39, 0.29) is 0 Å². The van der Waals surface area contributed by atoms with E-state index in [1.165, 1.54) is 0 Å². The molecule has 0 unspecified atom stereocenters. The Morgan fingerprint density at radius 3 is 0.176 bits per heavy atom. The molecule has 91 heavy (non-hydrogen) atoms. The fourth-order valence-corrected chi connectivity index (χ4v) is 6.60. The van der Waals surface area contributed by atoms with Crippen LogP contribution in [0.1, 0.15) is 0 Å². The molecule has 0 spiro atoms. The average molecular weight is 1380 g/mol. The number of hydrogen-bond donors (Lipinski definition) is 2. The lowest BCUT2D eigenvalue weighted by Gasteiger charge is -2.11. The summed E-state index contributed by atoms with van der Waals surface area (Å²) in [6.07, 6.45) is 0. The van der Waals surface area contributed by atoms with Crippen LogP contribution in [0.15, 0.2) is 0 Å². The van der Waals surface area contributed by atoms with Gasteiger partial charge in [0.15, 0.2) is 186 Å². The van der Waals surface area contributed by atoms with Gasteiger partial charge in [-0.05, 0) is 0 Å². The molecule has 0 fully saturated rings. The molecule has 8 aromatic rings. The second kappa shape index (κ2) is 28.0. The highest BCUT2D eigenvalue weighted by molar-refractivity contribution is 6.13. The second-order valence-electron chi connectivity index (χ2n) is 15.7. The van der Waals surface area contributed by atoms with Crippen molar-refractivity contribution in [3.8, 4) is 44.5 Å². The first-order valence-electron chi connectivity index (χ1n) is 21.2. The van der Waals surface area contributed by atoms with Crippen LogP contribution in [-0.2, 0) is 0 Å². The zero-order valence-corrected chi connectivity index (χ0v) is 40.7. The van der Waals surface area contributed by atoms with Gasteiger partial charge in [0.25, 0.3) is 0 Å². The van der Waals surface area contributed by atoms with Gasteiger partial charge >= 0.3 is 7.69 Å². The van der Waals surface area contributed by atoms with E-state index in [2.05, 4.69) is 0 Å². The minimum atomic E-state index is -2.68. The highest BCUT2D eigenvalue weighted by Gasteiger charge is 2.39. The smallest absolute Gasteiger partial charge is 0.430 e. The fourth-order valence-electron chi connectivity index (χ4n) is 6.60. The van der Waals surface area contributed by atoms with Gasteiger partial charge in [0.05, 0.1) is 44.5 Å². The molecule has 8 rings (SSSR count). The summed E-state index contributed by atoms with van der Waals surface area (Å²) in [4.78, 5) is 0. The van der Waals surface area contributed by atoms with Crippen LogP contribution in [0.2, 0.25) is 0 Å². The van der Waals surface area contributed by atoms with E-state index in [4.69, 9.17) is 10.0 Å². The lowest BCUT2D eigenvalue weighted by molar-refractivity contribution is 0.370. The van der Waals surface area contributed by atoms with E-state index < -0.39 is 285 Å². The predicted molar refractivity (Wildman–Crippen MR) is 217 cm³/mol. The lowest BCUT2D eigenvalue weighted by Crippen LogP contribution is -2.10. The third kappa shape index (κ3) is 12.7. The number of halogens is 40. The van der Waals surface area contributed by atoms with Gasteiger partial charge in [0.1, 0.15) is 0 Å². The van der Waals surface area contributed by atoms with Crippen molar-refractivity contribution in [3.63, 3.8) is 0 Å². The summed E-state index contributed by atoms with van der Waals surface area (Å²) in [5, 5.41) is 14.2. The fraction of sp³-hybridized carbons (Fsp3) is 0. The Bertz CT molecular complexity index is 3260. The summed E-state index contributed by atoms with van der Waals surface area (Å²) in [5.41, 5.74) is -18.1. The molecule has 8 aromatic carbocycles. The maximum Gasteiger partial charge on any atom is 0.432 e. The van der Waals surface area contributed by atoms with Crippen molar-refractivity contribution >= 4 is 7.69 Å². The summed E-state index contributed by atoms with van der Waals surface area (Å²) in [6, 6.07) is 0. The summed E-state index contributed by atoms with van der Waals surface area (Å²) >= 11 is 0. The summed E-state index contributed by atoms with van der Waals surface area (Å²) < 4.78 is 525. The molecule has 0 aliphatic carbocycles. The molecule has 2 N–H and O–H groups in total. The Balaban J connectivity index is 0.000000255. The molecule has 0 radical (unpaired) electrons. The zero-order valence-electron chi connectivity index (χ0n) is 40.7. The number of rotatable bonds is 4. The Hall–Kier alpha value is -9.06. The highest BCUT2D eigenvalue weighted by Crippen LogP contribution is 2.42. The SMILES string of the molecule is Fc1c(F)c(F)c(-c2c(F)c(F)c(F)c(F)c2F)c(F)c1F.Fc1c(F)c(F)c(-c2c(F)c(F)c(F)c(F)c2F)c(F)c1F.Fc1c(F)c(F)c(-c2c(F)c(F)c(F)c(F)c2F)c(F)c1F.Fc1c(F)c(F)c(-c2c(F)c(F)c(F)c(F)c2F)c(F)c1F.OBO. The van der Waals surface area contributed by atoms with Gasteiger partial charge in [0.2, 0.25) is 46.5 Å². The van der Waals surface area contributed by atoms with Crippen LogP contribution in [0.25, 0.3) is 44.5 Å². The van der Waals surface area contributed by atoms with Crippen LogP contribution in [0, 0.1) is 233 Å². The second-order valence-corrected chi connectivity index (χ2v) is 15.7. The Morgan fingerprint density at radius 1 is 0.0989 bits per heavy atom. The van der Waals surface area contributed by atoms with Crippen LogP contribution in [0.5, 0.6) is 0 Å². The van der Waals surface area contributed by atoms with E-state index in [9.17, 15) is 176 Å². The van der Waals surface area contributed by atoms with Crippen molar-refractivity contribution in [1.29, 1.82) is 0 Å². The van der Waals surface area contributed by atoms with E-state index in [0.717, 1.165) is 0 Å². The van der Waals surface area contributed by atoms with Crippen LogP contribution in [-0.4, -0.2) is 17.7 Å². The first-order chi connectivity index (χ1) is 41.8. The van der Waals surface area contributed by atoms with Crippen LogP contribution in [0.4, 0.5) is 176 Å². The molecule has 0 amide bonds. The Labute approximate surface area is 470 Å². The van der Waals surface area contributed by atoms with E-state index in [1.807, 2.05) is 0 Å². The highest BCUT2D eigenvalue weighted by atomic mass is 19.2. The molecular formula is C48H3BF40O2. The molecule has 0 aliphatic rings. The van der Waals surface area contributed by atoms with Crippen molar-refractivity contribution in [3.05, 3.63) is 233 Å². The normalized spacial score (nSPS) is 11.0. The molecule has 0 aliphatic heterocycles. The first-order valence-corrected chi connectivity index (χ1v) is 21.2. The molecule has 0 atom stereocenters. The molecule has 0 aromatic heterocycles. The zero-order chi connectivity index (χ0) is 70.4. The standard InChI is InChI=1S/4C12F10.BH3O2/c4*13-3-1(4(14)8(18)11(21)7(3)17)2-5(15)9(19)12(22)10(20)6(2)16;2-1-3/h;;;;1-3H. The van der Waals surface area contributed by atoms with E-state index in [1.54, 1.807) is 0 Å². The van der Waals surface area contributed by atoms with Crippen molar-refractivity contribution in [1.82, 2.24) is 0 Å². The minimum absolute atomic E-state index is 0.750. The van der Waals surface area contributed by atoms with Gasteiger partial charge in [-0.15, -0.1) is 0 Å². The summed E-state index contributed by atoms with van der Waals surface area (Å²) in [5.74, 6) is -107. The van der Waals surface area contributed by atoms with Crippen LogP contribution < -0.4 is 0 Å². The van der Waals surface area contributed by atoms with Gasteiger partial charge in [0, 0.05) is 0 Å². The summed E-state index contributed by atoms with van der Waals surface area (Å²) in [6.45, 7) is 0. The van der Waals surface area contributed by atoms with Gasteiger partial charge in [-0.2, -0.15) is 0 Å². The topological polar surface area (TPSA) is 40.5 Å². The van der Waals surface area contributed by atoms with Gasteiger partial charge in [-0.3, -0.25) is 0 Å². The van der Waals surface area contributed by atoms with Crippen molar-refractivity contribution in [2.75, 3.05) is 0 Å². The molecule has 0 saturated carbocycles. The Morgan fingerprint density at radius 2 is 0.132 bits per heavy atom. The Kier molecular flexibility index (Phi) is 22.9. The molecule has 0 saturated heterocycles. The molecule has 43 heteroatoms. The third-order valence-electron chi connectivity index (χ3n) is 10.7. The van der Waals surface area contributed by atoms with E-state index >= 15 is 0 Å². The van der Waals surface area contributed by atoms with Crippen LogP contribution in [0.3, 0.4) is 0 Å². The molecule has 0 heterocycles. The van der Waals surface area contributed by atoms with Gasteiger partial charge < -0.3 is 10.0 Å². The van der Waals surface area contributed by atoms with Gasteiger partial charge in [-0.1, -0.05) is 0 Å². The van der Waals surface area contributed by atoms with Crippen molar-refractivity contribution in [2.24, 2.45) is 0 Å². The number of benzene rings is 8. The predicted octanol–water partition coefficient (Wildman–Crippen LogP) is 17.2. The third-order valence-corrected chi connectivity index (χ3v) is 10.7. The van der Waals surface area contributed by atoms with Crippen molar-refractivity contribution in [2.45, 2.75) is 0 Å². The lowest BCUT2D eigenvalue weighted by atomic mass is 10.0. The largest absolute Gasteiger partial charge is 0.432 e. The molecule has 2 nitrogen and oxygen atoms in total. The number of hydrogen-bond acceptors (Lipinski definition) is 2. The maximum atomic E-state index is 13.4. The maximum absolute atomic E-state index is 13.4.